The summed E-state index contributed by atoms with van der Waals surface area (Å²) >= 11 is 3.48. The summed E-state index contributed by atoms with van der Waals surface area (Å²) in [5.41, 5.74) is 1.02. The Kier molecular flexibility index (Phi) is 4.81. The Morgan fingerprint density at radius 2 is 1.75 bits per heavy atom. The number of hydrogen-bond donors (Lipinski definition) is 0. The molecule has 0 N–H and O–H groups in total. The van der Waals surface area contributed by atoms with Crippen LogP contribution in [0.1, 0.15) is 32.4 Å². The minimum atomic E-state index is -0.141. The van der Waals surface area contributed by atoms with E-state index < -0.39 is 0 Å². The Hall–Kier alpha value is -0.540. The number of alkyl halides is 1. The number of ether oxygens (including phenoxy) is 2. The van der Waals surface area contributed by atoms with Crippen LogP contribution in [0, 0.1) is 0 Å². The first kappa shape index (κ1) is 13.5. The number of rotatable bonds is 4. The monoisotopic (exact) mass is 286 g/mol. The van der Waals surface area contributed by atoms with Gasteiger partial charge in [-0.05, 0) is 38.5 Å². The zero-order chi connectivity index (χ0) is 12.2. The molecule has 0 aliphatic heterocycles. The molecule has 0 spiro atoms. The molecule has 0 aliphatic carbocycles. The van der Waals surface area contributed by atoms with Crippen LogP contribution in [0.4, 0.5) is 0 Å². The maximum atomic E-state index is 5.96. The fourth-order valence-corrected chi connectivity index (χ4v) is 1.94. The van der Waals surface area contributed by atoms with Crippen molar-refractivity contribution in [2.24, 2.45) is 0 Å². The number of methoxy groups -OCH3 is 1. The molecule has 0 fully saturated rings. The van der Waals surface area contributed by atoms with Crippen LogP contribution in [0.5, 0.6) is 5.75 Å². The van der Waals surface area contributed by atoms with E-state index in [0.29, 0.717) is 0 Å². The van der Waals surface area contributed by atoms with Gasteiger partial charge in [0.1, 0.15) is 5.75 Å². The molecule has 0 aromatic heterocycles. The molecular formula is C13H19BrO2. The van der Waals surface area contributed by atoms with Crippen molar-refractivity contribution >= 4 is 15.9 Å². The second kappa shape index (κ2) is 5.69. The molecule has 1 atom stereocenters. The first-order valence-corrected chi connectivity index (χ1v) is 6.46. The van der Waals surface area contributed by atoms with Gasteiger partial charge in [0.05, 0.1) is 18.8 Å². The van der Waals surface area contributed by atoms with Crippen molar-refractivity contribution < 1.29 is 9.47 Å². The maximum absolute atomic E-state index is 5.96. The first-order valence-electron chi connectivity index (χ1n) is 5.34. The van der Waals surface area contributed by atoms with Crippen LogP contribution in [-0.2, 0) is 4.74 Å². The molecule has 1 aromatic rings. The van der Waals surface area contributed by atoms with Crippen LogP contribution in [0.15, 0.2) is 24.3 Å². The zero-order valence-corrected chi connectivity index (χ0v) is 11.9. The maximum Gasteiger partial charge on any atom is 0.118 e. The van der Waals surface area contributed by atoms with Gasteiger partial charge in [-0.2, -0.15) is 0 Å². The highest BCUT2D eigenvalue weighted by molar-refractivity contribution is 9.09. The van der Waals surface area contributed by atoms with Crippen molar-refractivity contribution in [3.8, 4) is 5.75 Å². The van der Waals surface area contributed by atoms with E-state index in [1.807, 2.05) is 24.3 Å². The van der Waals surface area contributed by atoms with Crippen LogP contribution < -0.4 is 4.74 Å². The molecule has 0 aliphatic rings. The van der Waals surface area contributed by atoms with E-state index in [1.165, 1.54) is 0 Å². The molecule has 1 rings (SSSR count). The van der Waals surface area contributed by atoms with E-state index in [-0.39, 0.29) is 11.7 Å². The van der Waals surface area contributed by atoms with Gasteiger partial charge in [0.25, 0.3) is 0 Å². The molecule has 0 radical (unpaired) electrons. The molecule has 2 nitrogen and oxygen atoms in total. The Morgan fingerprint density at radius 1 is 1.19 bits per heavy atom. The van der Waals surface area contributed by atoms with Gasteiger partial charge in [-0.25, -0.2) is 0 Å². The average molecular weight is 287 g/mol. The van der Waals surface area contributed by atoms with Crippen molar-refractivity contribution in [2.75, 3.05) is 12.4 Å². The van der Waals surface area contributed by atoms with Crippen LogP contribution in [0.3, 0.4) is 0 Å². The first-order chi connectivity index (χ1) is 7.46. The van der Waals surface area contributed by atoms with E-state index in [4.69, 9.17) is 9.47 Å². The van der Waals surface area contributed by atoms with Crippen molar-refractivity contribution in [1.82, 2.24) is 0 Å². The molecule has 0 unspecified atom stereocenters. The minimum Gasteiger partial charge on any atom is -0.497 e. The van der Waals surface area contributed by atoms with Crippen LogP contribution in [0.2, 0.25) is 0 Å². The predicted molar refractivity (Wildman–Crippen MR) is 70.4 cm³/mol. The van der Waals surface area contributed by atoms with Crippen LogP contribution >= 0.6 is 15.9 Å². The Morgan fingerprint density at radius 3 is 2.12 bits per heavy atom. The Balaban J connectivity index is 2.79. The molecule has 16 heavy (non-hydrogen) atoms. The largest absolute Gasteiger partial charge is 0.497 e. The summed E-state index contributed by atoms with van der Waals surface area (Å²) in [5, 5.41) is 0.788. The fourth-order valence-electron chi connectivity index (χ4n) is 1.43. The fraction of sp³-hybridized carbons (Fsp3) is 0.538. The standard InChI is InChI=1S/C13H19BrO2/c1-13(2,3)16-12(9-14)10-5-7-11(15-4)8-6-10/h5-8,12H,9H2,1-4H3/t12-/m0/s1. The van der Waals surface area contributed by atoms with Gasteiger partial charge in [0.2, 0.25) is 0 Å². The predicted octanol–water partition coefficient (Wildman–Crippen LogP) is 3.95. The van der Waals surface area contributed by atoms with Crippen molar-refractivity contribution in [3.05, 3.63) is 29.8 Å². The third-order valence-electron chi connectivity index (χ3n) is 2.12. The normalized spacial score (nSPS) is 13.6. The van der Waals surface area contributed by atoms with Crippen molar-refractivity contribution in [1.29, 1.82) is 0 Å². The smallest absolute Gasteiger partial charge is 0.118 e. The molecule has 1 aromatic carbocycles. The number of hydrogen-bond acceptors (Lipinski definition) is 2. The number of halogens is 1. The lowest BCUT2D eigenvalue weighted by Gasteiger charge is -2.26. The summed E-state index contributed by atoms with van der Waals surface area (Å²) in [4.78, 5) is 0. The highest BCUT2D eigenvalue weighted by atomic mass is 79.9. The molecule has 0 saturated heterocycles. The molecule has 0 saturated carbocycles. The highest BCUT2D eigenvalue weighted by Gasteiger charge is 2.19. The van der Waals surface area contributed by atoms with Crippen molar-refractivity contribution in [3.63, 3.8) is 0 Å². The molecular weight excluding hydrogens is 268 g/mol. The third-order valence-corrected chi connectivity index (χ3v) is 2.71. The Bertz CT molecular complexity index is 314. The van der Waals surface area contributed by atoms with E-state index in [1.54, 1.807) is 7.11 Å². The van der Waals surface area contributed by atoms with Gasteiger partial charge in [-0.3, -0.25) is 0 Å². The number of benzene rings is 1. The zero-order valence-electron chi connectivity index (χ0n) is 10.3. The van der Waals surface area contributed by atoms with E-state index in [9.17, 15) is 0 Å². The average Bonchev–Trinajstić information content (AvgIpc) is 2.25. The molecule has 0 heterocycles. The second-order valence-electron chi connectivity index (χ2n) is 4.65. The van der Waals surface area contributed by atoms with Crippen LogP contribution in [0.25, 0.3) is 0 Å². The van der Waals surface area contributed by atoms with Gasteiger partial charge in [-0.15, -0.1) is 0 Å². The third kappa shape index (κ3) is 4.14. The quantitative estimate of drug-likeness (QED) is 0.781. The summed E-state index contributed by atoms with van der Waals surface area (Å²) in [6.45, 7) is 6.19. The molecule has 0 amide bonds. The van der Waals surface area contributed by atoms with Crippen molar-refractivity contribution in [2.45, 2.75) is 32.5 Å². The highest BCUT2D eigenvalue weighted by Crippen LogP contribution is 2.26. The lowest BCUT2D eigenvalue weighted by Crippen LogP contribution is -2.23. The summed E-state index contributed by atoms with van der Waals surface area (Å²) in [6.07, 6.45) is 0.0749. The molecule has 90 valence electrons. The summed E-state index contributed by atoms with van der Waals surface area (Å²) in [6, 6.07) is 7.99. The second-order valence-corrected chi connectivity index (χ2v) is 5.29. The Labute approximate surface area is 106 Å². The van der Waals surface area contributed by atoms with Gasteiger partial charge in [-0.1, -0.05) is 28.1 Å². The molecule has 0 bridgehead atoms. The van der Waals surface area contributed by atoms with Crippen LogP contribution in [-0.4, -0.2) is 18.0 Å². The lowest BCUT2D eigenvalue weighted by atomic mass is 10.1. The lowest BCUT2D eigenvalue weighted by molar-refractivity contribution is -0.0501. The van der Waals surface area contributed by atoms with Gasteiger partial charge >= 0.3 is 0 Å². The topological polar surface area (TPSA) is 18.5 Å². The SMILES string of the molecule is COc1ccc([C@H](CBr)OC(C)(C)C)cc1. The molecule has 3 heteroatoms. The van der Waals surface area contributed by atoms with E-state index in [2.05, 4.69) is 36.7 Å². The van der Waals surface area contributed by atoms with E-state index in [0.717, 1.165) is 16.6 Å². The summed E-state index contributed by atoms with van der Waals surface area (Å²) < 4.78 is 11.1. The van der Waals surface area contributed by atoms with Gasteiger partial charge in [0, 0.05) is 5.33 Å². The summed E-state index contributed by atoms with van der Waals surface area (Å²) in [5.74, 6) is 0.868. The van der Waals surface area contributed by atoms with E-state index >= 15 is 0 Å². The van der Waals surface area contributed by atoms with Gasteiger partial charge < -0.3 is 9.47 Å². The van der Waals surface area contributed by atoms with Gasteiger partial charge in [0.15, 0.2) is 0 Å². The summed E-state index contributed by atoms with van der Waals surface area (Å²) in [7, 11) is 1.67. The minimum absolute atomic E-state index is 0.0749.